The first-order chi connectivity index (χ1) is 8.09. The molecule has 2 nitrogen and oxygen atoms in total. The molecule has 0 heterocycles. The van der Waals surface area contributed by atoms with E-state index in [1.165, 1.54) is 19.4 Å². The molecule has 1 rings (SSSR count). The van der Waals surface area contributed by atoms with E-state index in [0.29, 0.717) is 22.9 Å². The summed E-state index contributed by atoms with van der Waals surface area (Å²) < 4.78 is 0. The number of nitrogens with zero attached hydrogens (tertiary/aromatic N) is 1. The van der Waals surface area contributed by atoms with E-state index in [4.69, 9.17) is 0 Å². The SMILES string of the molecule is CNC1C(CN(C)C(C)C(C)(C)C)CCC1(C)C. The maximum atomic E-state index is 3.56. The molecule has 1 saturated carbocycles. The lowest BCUT2D eigenvalue weighted by molar-refractivity contribution is 0.112. The first kappa shape index (κ1) is 16.0. The van der Waals surface area contributed by atoms with Gasteiger partial charge in [0, 0.05) is 18.6 Å². The van der Waals surface area contributed by atoms with Gasteiger partial charge in [0.25, 0.3) is 0 Å². The smallest absolute Gasteiger partial charge is 0.0156 e. The van der Waals surface area contributed by atoms with E-state index in [2.05, 4.69) is 65.9 Å². The Morgan fingerprint density at radius 2 is 1.89 bits per heavy atom. The van der Waals surface area contributed by atoms with Gasteiger partial charge < -0.3 is 10.2 Å². The van der Waals surface area contributed by atoms with Gasteiger partial charge >= 0.3 is 0 Å². The lowest BCUT2D eigenvalue weighted by atomic mass is 9.83. The molecule has 0 bridgehead atoms. The molecule has 0 amide bonds. The second-order valence-corrected chi connectivity index (χ2v) is 8.04. The molecule has 0 aromatic heterocycles. The van der Waals surface area contributed by atoms with Gasteiger partial charge in [-0.3, -0.25) is 0 Å². The van der Waals surface area contributed by atoms with Crippen LogP contribution in [0.25, 0.3) is 0 Å². The van der Waals surface area contributed by atoms with E-state index >= 15 is 0 Å². The molecule has 1 aliphatic rings. The van der Waals surface area contributed by atoms with Gasteiger partial charge in [0.1, 0.15) is 0 Å². The predicted molar refractivity (Wildman–Crippen MR) is 80.9 cm³/mol. The van der Waals surface area contributed by atoms with Crippen molar-refractivity contribution in [3.05, 3.63) is 0 Å². The molecule has 1 fully saturated rings. The highest BCUT2D eigenvalue weighted by molar-refractivity contribution is 4.97. The van der Waals surface area contributed by atoms with Crippen molar-refractivity contribution in [1.29, 1.82) is 0 Å². The van der Waals surface area contributed by atoms with Crippen molar-refractivity contribution in [3.63, 3.8) is 0 Å². The lowest BCUT2D eigenvalue weighted by Gasteiger charge is -2.39. The summed E-state index contributed by atoms with van der Waals surface area (Å²) >= 11 is 0. The van der Waals surface area contributed by atoms with Crippen molar-refractivity contribution in [2.45, 2.75) is 66.5 Å². The van der Waals surface area contributed by atoms with Crippen molar-refractivity contribution in [1.82, 2.24) is 10.2 Å². The van der Waals surface area contributed by atoms with Gasteiger partial charge in [0.15, 0.2) is 0 Å². The molecule has 0 aromatic carbocycles. The average molecular weight is 254 g/mol. The first-order valence-corrected chi connectivity index (χ1v) is 7.47. The molecule has 3 atom stereocenters. The maximum Gasteiger partial charge on any atom is 0.0156 e. The van der Waals surface area contributed by atoms with Crippen LogP contribution in [-0.4, -0.2) is 37.6 Å². The fourth-order valence-electron chi connectivity index (χ4n) is 3.53. The van der Waals surface area contributed by atoms with Crippen molar-refractivity contribution in [2.24, 2.45) is 16.7 Å². The highest BCUT2D eigenvalue weighted by Crippen LogP contribution is 2.41. The minimum absolute atomic E-state index is 0.359. The third kappa shape index (κ3) is 3.48. The summed E-state index contributed by atoms with van der Waals surface area (Å²) in [6.07, 6.45) is 2.71. The van der Waals surface area contributed by atoms with Crippen LogP contribution in [0, 0.1) is 16.7 Å². The summed E-state index contributed by atoms with van der Waals surface area (Å²) in [5, 5.41) is 3.56. The molecular formula is C16H34N2. The number of hydrogen-bond acceptors (Lipinski definition) is 2. The lowest BCUT2D eigenvalue weighted by Crippen LogP contribution is -2.47. The van der Waals surface area contributed by atoms with Crippen LogP contribution in [-0.2, 0) is 0 Å². The molecular weight excluding hydrogens is 220 g/mol. The Balaban J connectivity index is 2.63. The molecule has 1 aliphatic carbocycles. The van der Waals surface area contributed by atoms with Gasteiger partial charge in [-0.05, 0) is 50.6 Å². The second kappa shape index (κ2) is 5.50. The standard InChI is InChI=1S/C16H34N2/c1-12(15(2,3)4)18(8)11-13-9-10-16(5,6)14(13)17-7/h12-14,17H,9-11H2,1-8H3. The fraction of sp³-hybridized carbons (Fsp3) is 1.00. The van der Waals surface area contributed by atoms with E-state index in [-0.39, 0.29) is 0 Å². The zero-order valence-corrected chi connectivity index (χ0v) is 13.8. The van der Waals surface area contributed by atoms with Crippen molar-refractivity contribution >= 4 is 0 Å². The summed E-state index contributed by atoms with van der Waals surface area (Å²) in [5.41, 5.74) is 0.809. The van der Waals surface area contributed by atoms with Crippen LogP contribution in [0.4, 0.5) is 0 Å². The third-order valence-electron chi connectivity index (χ3n) is 5.22. The number of nitrogens with one attached hydrogen (secondary N) is 1. The molecule has 2 heteroatoms. The summed E-state index contributed by atoms with van der Waals surface area (Å²) in [6, 6.07) is 1.28. The minimum atomic E-state index is 0.359. The minimum Gasteiger partial charge on any atom is -0.316 e. The summed E-state index contributed by atoms with van der Waals surface area (Å²) in [6.45, 7) is 15.4. The normalized spacial score (nSPS) is 29.8. The Bertz CT molecular complexity index is 265. The Labute approximate surface area is 115 Å². The monoisotopic (exact) mass is 254 g/mol. The van der Waals surface area contributed by atoms with E-state index in [1.54, 1.807) is 0 Å². The molecule has 0 spiro atoms. The summed E-state index contributed by atoms with van der Waals surface area (Å²) in [4.78, 5) is 2.55. The molecule has 0 saturated heterocycles. The number of hydrogen-bond donors (Lipinski definition) is 1. The highest BCUT2D eigenvalue weighted by Gasteiger charge is 2.41. The quantitative estimate of drug-likeness (QED) is 0.827. The fourth-order valence-corrected chi connectivity index (χ4v) is 3.53. The van der Waals surface area contributed by atoms with Gasteiger partial charge in [0.05, 0.1) is 0 Å². The zero-order valence-electron chi connectivity index (χ0n) is 13.8. The van der Waals surface area contributed by atoms with Crippen LogP contribution in [0.3, 0.4) is 0 Å². The molecule has 0 aliphatic heterocycles. The van der Waals surface area contributed by atoms with Crippen LogP contribution >= 0.6 is 0 Å². The Morgan fingerprint density at radius 1 is 1.33 bits per heavy atom. The van der Waals surface area contributed by atoms with E-state index < -0.39 is 0 Å². The van der Waals surface area contributed by atoms with Crippen molar-refractivity contribution in [2.75, 3.05) is 20.6 Å². The van der Waals surface area contributed by atoms with Crippen molar-refractivity contribution in [3.8, 4) is 0 Å². The molecule has 0 aromatic rings. The van der Waals surface area contributed by atoms with Gasteiger partial charge in [0.2, 0.25) is 0 Å². The second-order valence-electron chi connectivity index (χ2n) is 8.04. The van der Waals surface area contributed by atoms with Crippen LogP contribution in [0.5, 0.6) is 0 Å². The Morgan fingerprint density at radius 3 is 2.33 bits per heavy atom. The maximum absolute atomic E-state index is 3.56. The highest BCUT2D eigenvalue weighted by atomic mass is 15.1. The molecule has 18 heavy (non-hydrogen) atoms. The molecule has 1 N–H and O–H groups in total. The molecule has 0 radical (unpaired) electrons. The van der Waals surface area contributed by atoms with Gasteiger partial charge in [-0.25, -0.2) is 0 Å². The average Bonchev–Trinajstić information content (AvgIpc) is 2.50. The Hall–Kier alpha value is -0.0800. The molecule has 3 unspecified atom stereocenters. The predicted octanol–water partition coefficient (Wildman–Crippen LogP) is 3.38. The summed E-state index contributed by atoms with van der Waals surface area (Å²) in [5.74, 6) is 0.791. The molecule has 108 valence electrons. The van der Waals surface area contributed by atoms with E-state index in [9.17, 15) is 0 Å². The third-order valence-corrected chi connectivity index (χ3v) is 5.22. The van der Waals surface area contributed by atoms with Crippen LogP contribution < -0.4 is 5.32 Å². The summed E-state index contributed by atoms with van der Waals surface area (Å²) in [7, 11) is 4.41. The van der Waals surface area contributed by atoms with Crippen molar-refractivity contribution < 1.29 is 0 Å². The number of rotatable bonds is 4. The zero-order chi connectivity index (χ0) is 14.1. The van der Waals surface area contributed by atoms with Crippen LogP contribution in [0.15, 0.2) is 0 Å². The van der Waals surface area contributed by atoms with Gasteiger partial charge in [-0.15, -0.1) is 0 Å². The van der Waals surface area contributed by atoms with Crippen LogP contribution in [0.2, 0.25) is 0 Å². The van der Waals surface area contributed by atoms with E-state index in [1.807, 2.05) is 0 Å². The topological polar surface area (TPSA) is 15.3 Å². The Kier molecular flexibility index (Phi) is 4.88. The van der Waals surface area contributed by atoms with Gasteiger partial charge in [-0.2, -0.15) is 0 Å². The largest absolute Gasteiger partial charge is 0.316 e. The van der Waals surface area contributed by atoms with E-state index in [0.717, 1.165) is 5.92 Å². The van der Waals surface area contributed by atoms with Gasteiger partial charge in [-0.1, -0.05) is 34.6 Å². The first-order valence-electron chi connectivity index (χ1n) is 7.47. The van der Waals surface area contributed by atoms with Crippen LogP contribution in [0.1, 0.15) is 54.4 Å².